The molecule has 5 heteroatoms. The third-order valence-electron chi connectivity index (χ3n) is 2.48. The van der Waals surface area contributed by atoms with Gasteiger partial charge in [0.1, 0.15) is 5.75 Å². The molecular formula is C12H16N4O. The first-order valence-corrected chi connectivity index (χ1v) is 5.58. The van der Waals surface area contributed by atoms with Crippen LogP contribution in [0.3, 0.4) is 0 Å². The van der Waals surface area contributed by atoms with E-state index in [1.807, 2.05) is 25.4 Å². The molecule has 1 heterocycles. The third kappa shape index (κ3) is 3.57. The van der Waals surface area contributed by atoms with E-state index in [1.54, 1.807) is 16.8 Å². The number of aryl methyl sites for hydroxylation is 1. The molecule has 0 aliphatic carbocycles. The Kier molecular flexibility index (Phi) is 3.72. The predicted molar refractivity (Wildman–Crippen MR) is 64.5 cm³/mol. The molecule has 17 heavy (non-hydrogen) atoms. The topological polar surface area (TPSA) is 63.0 Å². The smallest absolute Gasteiger partial charge is 0.115 e. The zero-order valence-electron chi connectivity index (χ0n) is 9.80. The molecule has 0 saturated carbocycles. The number of phenolic OH excluding ortho intramolecular Hbond substituents is 1. The van der Waals surface area contributed by atoms with E-state index in [0.717, 1.165) is 25.2 Å². The van der Waals surface area contributed by atoms with E-state index >= 15 is 0 Å². The second-order valence-electron chi connectivity index (χ2n) is 3.98. The van der Waals surface area contributed by atoms with Gasteiger partial charge >= 0.3 is 0 Å². The minimum Gasteiger partial charge on any atom is -0.508 e. The molecule has 5 nitrogen and oxygen atoms in total. The van der Waals surface area contributed by atoms with Gasteiger partial charge in [-0.05, 0) is 30.7 Å². The largest absolute Gasteiger partial charge is 0.508 e. The predicted octanol–water partition coefficient (Wildman–Crippen LogP) is 0.853. The van der Waals surface area contributed by atoms with Gasteiger partial charge in [0.2, 0.25) is 0 Å². The summed E-state index contributed by atoms with van der Waals surface area (Å²) in [5.74, 6) is 0.307. The SMILES string of the molecule is Cn1cc(CNCCc2ccc(O)cc2)nn1. The highest BCUT2D eigenvalue weighted by atomic mass is 16.3. The van der Waals surface area contributed by atoms with Crippen molar-refractivity contribution < 1.29 is 5.11 Å². The maximum absolute atomic E-state index is 9.15. The van der Waals surface area contributed by atoms with Crippen molar-refractivity contribution in [1.82, 2.24) is 20.3 Å². The highest BCUT2D eigenvalue weighted by Crippen LogP contribution is 2.09. The maximum Gasteiger partial charge on any atom is 0.115 e. The van der Waals surface area contributed by atoms with Gasteiger partial charge in [-0.1, -0.05) is 17.3 Å². The molecule has 0 amide bonds. The average Bonchev–Trinajstić information content (AvgIpc) is 2.73. The van der Waals surface area contributed by atoms with Crippen molar-refractivity contribution in [3.63, 3.8) is 0 Å². The molecule has 0 bridgehead atoms. The lowest BCUT2D eigenvalue weighted by Gasteiger charge is -2.03. The number of phenols is 1. The van der Waals surface area contributed by atoms with Crippen molar-refractivity contribution in [2.45, 2.75) is 13.0 Å². The number of aromatic hydroxyl groups is 1. The highest BCUT2D eigenvalue weighted by molar-refractivity contribution is 5.25. The first-order chi connectivity index (χ1) is 8.24. The Labute approximate surface area is 100 Å². The van der Waals surface area contributed by atoms with Gasteiger partial charge in [0.15, 0.2) is 0 Å². The summed E-state index contributed by atoms with van der Waals surface area (Å²) in [5, 5.41) is 20.3. The van der Waals surface area contributed by atoms with Crippen LogP contribution in [0.5, 0.6) is 5.75 Å². The van der Waals surface area contributed by atoms with E-state index < -0.39 is 0 Å². The van der Waals surface area contributed by atoms with Gasteiger partial charge in [0.25, 0.3) is 0 Å². The van der Waals surface area contributed by atoms with Crippen molar-refractivity contribution in [1.29, 1.82) is 0 Å². The lowest BCUT2D eigenvalue weighted by molar-refractivity contribution is 0.475. The number of hydrogen-bond donors (Lipinski definition) is 2. The molecule has 0 spiro atoms. The molecule has 2 rings (SSSR count). The third-order valence-corrected chi connectivity index (χ3v) is 2.48. The fourth-order valence-corrected chi connectivity index (χ4v) is 1.59. The molecule has 0 aliphatic heterocycles. The molecule has 0 saturated heterocycles. The normalized spacial score (nSPS) is 10.6. The van der Waals surface area contributed by atoms with Crippen molar-refractivity contribution in [2.75, 3.05) is 6.54 Å². The molecule has 0 atom stereocenters. The second-order valence-corrected chi connectivity index (χ2v) is 3.98. The van der Waals surface area contributed by atoms with Crippen molar-refractivity contribution >= 4 is 0 Å². The fraction of sp³-hybridized carbons (Fsp3) is 0.333. The lowest BCUT2D eigenvalue weighted by atomic mass is 10.1. The number of nitrogens with one attached hydrogen (secondary N) is 1. The van der Waals surface area contributed by atoms with Crippen molar-refractivity contribution in [2.24, 2.45) is 7.05 Å². The van der Waals surface area contributed by atoms with Gasteiger partial charge in [-0.15, -0.1) is 5.10 Å². The standard InChI is InChI=1S/C12H16N4O/c1-16-9-11(14-15-16)8-13-7-6-10-2-4-12(17)5-3-10/h2-5,9,13,17H,6-8H2,1H3. The summed E-state index contributed by atoms with van der Waals surface area (Å²) in [6.45, 7) is 1.60. The Morgan fingerprint density at radius 2 is 2.06 bits per heavy atom. The zero-order valence-corrected chi connectivity index (χ0v) is 9.80. The summed E-state index contributed by atoms with van der Waals surface area (Å²) in [5.41, 5.74) is 2.15. The van der Waals surface area contributed by atoms with Gasteiger partial charge in [-0.3, -0.25) is 4.68 Å². The van der Waals surface area contributed by atoms with Crippen LogP contribution in [-0.4, -0.2) is 26.6 Å². The molecule has 2 N–H and O–H groups in total. The van der Waals surface area contributed by atoms with E-state index in [9.17, 15) is 0 Å². The molecule has 1 aromatic heterocycles. The minimum absolute atomic E-state index is 0.307. The average molecular weight is 232 g/mol. The molecule has 1 aromatic carbocycles. The van der Waals surface area contributed by atoms with Gasteiger partial charge in [-0.25, -0.2) is 0 Å². The van der Waals surface area contributed by atoms with E-state index in [1.165, 1.54) is 5.56 Å². The molecule has 90 valence electrons. The van der Waals surface area contributed by atoms with Crippen LogP contribution in [0.2, 0.25) is 0 Å². The number of nitrogens with zero attached hydrogens (tertiary/aromatic N) is 3. The van der Waals surface area contributed by atoms with E-state index in [2.05, 4.69) is 15.6 Å². The zero-order chi connectivity index (χ0) is 12.1. The molecule has 2 aromatic rings. The first kappa shape index (κ1) is 11.6. The van der Waals surface area contributed by atoms with Crippen LogP contribution in [0.1, 0.15) is 11.3 Å². The molecule has 0 fully saturated rings. The monoisotopic (exact) mass is 232 g/mol. The number of hydrogen-bond acceptors (Lipinski definition) is 4. The lowest BCUT2D eigenvalue weighted by Crippen LogP contribution is -2.16. The first-order valence-electron chi connectivity index (χ1n) is 5.58. The van der Waals surface area contributed by atoms with Crippen LogP contribution in [0.25, 0.3) is 0 Å². The summed E-state index contributed by atoms with van der Waals surface area (Å²) in [6, 6.07) is 7.27. The summed E-state index contributed by atoms with van der Waals surface area (Å²) < 4.78 is 1.69. The quantitative estimate of drug-likeness (QED) is 0.750. The number of rotatable bonds is 5. The summed E-state index contributed by atoms with van der Waals surface area (Å²) in [6.07, 6.45) is 2.83. The van der Waals surface area contributed by atoms with Crippen LogP contribution in [0.15, 0.2) is 30.5 Å². The van der Waals surface area contributed by atoms with Crippen LogP contribution in [-0.2, 0) is 20.0 Å². The Hall–Kier alpha value is -1.88. The van der Waals surface area contributed by atoms with Crippen LogP contribution in [0.4, 0.5) is 0 Å². The number of benzene rings is 1. The second kappa shape index (κ2) is 5.45. The van der Waals surface area contributed by atoms with Gasteiger partial charge in [0, 0.05) is 19.8 Å². The van der Waals surface area contributed by atoms with Crippen molar-refractivity contribution in [3.05, 3.63) is 41.7 Å². The van der Waals surface area contributed by atoms with Crippen LogP contribution in [0, 0.1) is 0 Å². The van der Waals surface area contributed by atoms with Crippen LogP contribution >= 0.6 is 0 Å². The summed E-state index contributed by atoms with van der Waals surface area (Å²) in [7, 11) is 1.85. The Balaban J connectivity index is 1.71. The Morgan fingerprint density at radius 3 is 2.71 bits per heavy atom. The molecule has 0 radical (unpaired) electrons. The fourth-order valence-electron chi connectivity index (χ4n) is 1.59. The van der Waals surface area contributed by atoms with Gasteiger partial charge in [0.05, 0.1) is 5.69 Å². The number of aromatic nitrogens is 3. The Bertz CT molecular complexity index is 464. The Morgan fingerprint density at radius 1 is 1.29 bits per heavy atom. The molecule has 0 unspecified atom stereocenters. The minimum atomic E-state index is 0.307. The maximum atomic E-state index is 9.15. The highest BCUT2D eigenvalue weighted by Gasteiger charge is 1.97. The van der Waals surface area contributed by atoms with Crippen LogP contribution < -0.4 is 5.32 Å². The van der Waals surface area contributed by atoms with E-state index in [4.69, 9.17) is 5.11 Å². The van der Waals surface area contributed by atoms with Gasteiger partial charge < -0.3 is 10.4 Å². The van der Waals surface area contributed by atoms with Gasteiger partial charge in [-0.2, -0.15) is 0 Å². The molecule has 0 aliphatic rings. The van der Waals surface area contributed by atoms with E-state index in [-0.39, 0.29) is 0 Å². The molecular weight excluding hydrogens is 216 g/mol. The summed E-state index contributed by atoms with van der Waals surface area (Å²) >= 11 is 0. The van der Waals surface area contributed by atoms with E-state index in [0.29, 0.717) is 5.75 Å². The summed E-state index contributed by atoms with van der Waals surface area (Å²) in [4.78, 5) is 0. The van der Waals surface area contributed by atoms with Crippen molar-refractivity contribution in [3.8, 4) is 5.75 Å².